The normalized spacial score (nSPS) is 10.3. The van der Waals surface area contributed by atoms with E-state index in [1.54, 1.807) is 17.4 Å². The lowest BCUT2D eigenvalue weighted by Gasteiger charge is -2.03. The largest absolute Gasteiger partial charge is 0.355 e. The van der Waals surface area contributed by atoms with Gasteiger partial charge in [0.05, 0.1) is 10.6 Å². The van der Waals surface area contributed by atoms with Gasteiger partial charge in [-0.2, -0.15) is 5.10 Å². The Kier molecular flexibility index (Phi) is 4.52. The fourth-order valence-electron chi connectivity index (χ4n) is 1.65. The number of hydrogen-bond acceptors (Lipinski definition) is 4. The van der Waals surface area contributed by atoms with E-state index in [1.165, 1.54) is 11.8 Å². The fraction of sp³-hybridized carbons (Fsp3) is 0.308. The molecular formula is C13H16N4O2S. The predicted molar refractivity (Wildman–Crippen MR) is 77.7 cm³/mol. The number of nitrogens with one attached hydrogen (secondary N) is 3. The van der Waals surface area contributed by atoms with E-state index in [1.807, 2.05) is 19.1 Å². The van der Waals surface area contributed by atoms with Gasteiger partial charge in [0.2, 0.25) is 5.91 Å². The minimum atomic E-state index is -0.258. The van der Waals surface area contributed by atoms with Gasteiger partial charge in [-0.1, -0.05) is 0 Å². The van der Waals surface area contributed by atoms with E-state index in [0.717, 1.165) is 10.6 Å². The first-order valence-electron chi connectivity index (χ1n) is 6.21. The molecule has 0 aliphatic rings. The van der Waals surface area contributed by atoms with Crippen LogP contribution in [0.1, 0.15) is 22.3 Å². The molecule has 0 unspecified atom stereocenters. The van der Waals surface area contributed by atoms with Gasteiger partial charge in [-0.05, 0) is 25.1 Å². The Labute approximate surface area is 120 Å². The highest BCUT2D eigenvalue weighted by Crippen LogP contribution is 2.26. The van der Waals surface area contributed by atoms with Crippen LogP contribution in [0, 0.1) is 6.92 Å². The Bertz CT molecular complexity index is 617. The summed E-state index contributed by atoms with van der Waals surface area (Å²) in [7, 11) is 0. The van der Waals surface area contributed by atoms with E-state index in [-0.39, 0.29) is 11.8 Å². The number of H-pyrrole nitrogens is 1. The SMILES string of the molecule is CC(=O)NCCNC(=O)c1cc(-c2ccc(C)s2)[nH]n1. The molecule has 3 N–H and O–H groups in total. The van der Waals surface area contributed by atoms with Crippen molar-refractivity contribution in [3.05, 3.63) is 28.8 Å². The van der Waals surface area contributed by atoms with Crippen LogP contribution in [-0.2, 0) is 4.79 Å². The number of carbonyl (C=O) groups is 2. The van der Waals surface area contributed by atoms with E-state index in [4.69, 9.17) is 0 Å². The first-order valence-corrected chi connectivity index (χ1v) is 7.03. The molecule has 0 spiro atoms. The van der Waals surface area contributed by atoms with Crippen molar-refractivity contribution < 1.29 is 9.59 Å². The molecule has 0 saturated carbocycles. The number of amides is 2. The summed E-state index contributed by atoms with van der Waals surface area (Å²) in [5.74, 6) is -0.375. The molecule has 106 valence electrons. The standard InChI is InChI=1S/C13H16N4O2S/c1-8-3-4-12(20-8)10-7-11(17-16-10)13(19)15-6-5-14-9(2)18/h3-4,7H,5-6H2,1-2H3,(H,14,18)(H,15,19)(H,16,17). The molecule has 2 rings (SSSR count). The minimum absolute atomic E-state index is 0.116. The Morgan fingerprint density at radius 3 is 2.70 bits per heavy atom. The summed E-state index contributed by atoms with van der Waals surface area (Å²) in [4.78, 5) is 24.8. The smallest absolute Gasteiger partial charge is 0.271 e. The highest BCUT2D eigenvalue weighted by Gasteiger charge is 2.11. The lowest BCUT2D eigenvalue weighted by Crippen LogP contribution is -2.33. The van der Waals surface area contributed by atoms with Crippen LogP contribution in [0.2, 0.25) is 0 Å². The van der Waals surface area contributed by atoms with Crippen LogP contribution in [0.15, 0.2) is 18.2 Å². The highest BCUT2D eigenvalue weighted by atomic mass is 32.1. The Balaban J connectivity index is 1.91. The minimum Gasteiger partial charge on any atom is -0.355 e. The first kappa shape index (κ1) is 14.3. The van der Waals surface area contributed by atoms with Crippen molar-refractivity contribution in [3.8, 4) is 10.6 Å². The van der Waals surface area contributed by atoms with Crippen molar-refractivity contribution in [1.29, 1.82) is 0 Å². The van der Waals surface area contributed by atoms with Crippen molar-refractivity contribution in [1.82, 2.24) is 20.8 Å². The van der Waals surface area contributed by atoms with Gasteiger partial charge in [0.15, 0.2) is 5.69 Å². The van der Waals surface area contributed by atoms with Crippen molar-refractivity contribution in [2.24, 2.45) is 0 Å². The van der Waals surface area contributed by atoms with Gasteiger partial charge >= 0.3 is 0 Å². The van der Waals surface area contributed by atoms with Crippen molar-refractivity contribution in [2.45, 2.75) is 13.8 Å². The second-order valence-corrected chi connectivity index (χ2v) is 5.60. The van der Waals surface area contributed by atoms with Crippen LogP contribution < -0.4 is 10.6 Å². The molecule has 6 nitrogen and oxygen atoms in total. The number of thiophene rings is 1. The van der Waals surface area contributed by atoms with Gasteiger partial charge in [0.25, 0.3) is 5.91 Å². The molecular weight excluding hydrogens is 276 g/mol. The summed E-state index contributed by atoms with van der Waals surface area (Å²) >= 11 is 1.64. The maximum atomic E-state index is 11.8. The summed E-state index contributed by atoms with van der Waals surface area (Å²) in [6.45, 7) is 4.24. The average Bonchev–Trinajstić information content (AvgIpc) is 3.02. The molecule has 0 bridgehead atoms. The molecule has 0 aliphatic carbocycles. The van der Waals surface area contributed by atoms with Gasteiger partial charge < -0.3 is 10.6 Å². The van der Waals surface area contributed by atoms with E-state index >= 15 is 0 Å². The molecule has 0 atom stereocenters. The van der Waals surface area contributed by atoms with E-state index in [2.05, 4.69) is 20.8 Å². The van der Waals surface area contributed by atoms with Crippen molar-refractivity contribution in [3.63, 3.8) is 0 Å². The van der Waals surface area contributed by atoms with Gasteiger partial charge in [0.1, 0.15) is 0 Å². The van der Waals surface area contributed by atoms with Crippen LogP contribution in [-0.4, -0.2) is 35.1 Å². The maximum absolute atomic E-state index is 11.8. The summed E-state index contributed by atoms with van der Waals surface area (Å²) in [5, 5.41) is 12.2. The van der Waals surface area contributed by atoms with Gasteiger partial charge in [-0.25, -0.2) is 0 Å². The molecule has 0 fully saturated rings. The number of nitrogens with zero attached hydrogens (tertiary/aromatic N) is 1. The molecule has 20 heavy (non-hydrogen) atoms. The predicted octanol–water partition coefficient (Wildman–Crippen LogP) is 1.31. The zero-order valence-electron chi connectivity index (χ0n) is 11.3. The number of aryl methyl sites for hydroxylation is 1. The maximum Gasteiger partial charge on any atom is 0.271 e. The molecule has 2 aromatic rings. The van der Waals surface area contributed by atoms with Crippen LogP contribution in [0.3, 0.4) is 0 Å². The molecule has 2 aromatic heterocycles. The topological polar surface area (TPSA) is 86.9 Å². The lowest BCUT2D eigenvalue weighted by molar-refractivity contribution is -0.118. The molecule has 0 radical (unpaired) electrons. The molecule has 7 heteroatoms. The summed E-state index contributed by atoms with van der Waals surface area (Å²) < 4.78 is 0. The molecule has 0 saturated heterocycles. The molecule has 0 aliphatic heterocycles. The third kappa shape index (κ3) is 3.67. The summed E-state index contributed by atoms with van der Waals surface area (Å²) in [6.07, 6.45) is 0. The quantitative estimate of drug-likeness (QED) is 0.726. The van der Waals surface area contributed by atoms with Crippen molar-refractivity contribution >= 4 is 23.2 Å². The number of carbonyl (C=O) groups excluding carboxylic acids is 2. The van der Waals surface area contributed by atoms with Gasteiger partial charge in [-0.15, -0.1) is 11.3 Å². The fourth-order valence-corrected chi connectivity index (χ4v) is 2.48. The molecule has 0 aromatic carbocycles. The number of hydrogen-bond donors (Lipinski definition) is 3. The third-order valence-electron chi connectivity index (χ3n) is 2.60. The number of rotatable bonds is 5. The van der Waals surface area contributed by atoms with Gasteiger partial charge in [0, 0.05) is 24.9 Å². The Morgan fingerprint density at radius 2 is 2.05 bits per heavy atom. The Hall–Kier alpha value is -2.15. The third-order valence-corrected chi connectivity index (χ3v) is 3.63. The highest BCUT2D eigenvalue weighted by molar-refractivity contribution is 7.15. The summed E-state index contributed by atoms with van der Waals surface area (Å²) in [6, 6.07) is 5.74. The van der Waals surface area contributed by atoms with E-state index in [9.17, 15) is 9.59 Å². The van der Waals surface area contributed by atoms with Crippen LogP contribution in [0.25, 0.3) is 10.6 Å². The second kappa shape index (κ2) is 6.33. The monoisotopic (exact) mass is 292 g/mol. The van der Waals surface area contributed by atoms with Crippen LogP contribution >= 0.6 is 11.3 Å². The molecule has 2 heterocycles. The zero-order valence-corrected chi connectivity index (χ0v) is 12.1. The average molecular weight is 292 g/mol. The van der Waals surface area contributed by atoms with Crippen LogP contribution in [0.4, 0.5) is 0 Å². The lowest BCUT2D eigenvalue weighted by atomic mass is 10.3. The summed E-state index contributed by atoms with van der Waals surface area (Å²) in [5.41, 5.74) is 1.17. The van der Waals surface area contributed by atoms with Crippen molar-refractivity contribution in [2.75, 3.05) is 13.1 Å². The Morgan fingerprint density at radius 1 is 1.30 bits per heavy atom. The number of aromatic nitrogens is 2. The number of aromatic amines is 1. The molecule has 2 amide bonds. The van der Waals surface area contributed by atoms with Gasteiger partial charge in [-0.3, -0.25) is 14.7 Å². The van der Waals surface area contributed by atoms with Crippen LogP contribution in [0.5, 0.6) is 0 Å². The first-order chi connectivity index (χ1) is 9.56. The van der Waals surface area contributed by atoms with E-state index < -0.39 is 0 Å². The zero-order chi connectivity index (χ0) is 14.5. The second-order valence-electron chi connectivity index (χ2n) is 4.32. The van der Waals surface area contributed by atoms with E-state index in [0.29, 0.717) is 18.8 Å².